The normalized spacial score (nSPS) is 23.0. The third-order valence-electron chi connectivity index (χ3n) is 5.99. The molecule has 0 amide bonds. The second kappa shape index (κ2) is 9.76. The van der Waals surface area contributed by atoms with Crippen LogP contribution in [-0.2, 0) is 4.79 Å². The molecule has 0 spiro atoms. The first-order valence-electron chi connectivity index (χ1n) is 9.68. The van der Waals surface area contributed by atoms with Crippen molar-refractivity contribution in [1.82, 2.24) is 0 Å². The van der Waals surface area contributed by atoms with E-state index in [1.54, 1.807) is 24.3 Å². The van der Waals surface area contributed by atoms with E-state index >= 15 is 0 Å². The van der Waals surface area contributed by atoms with Gasteiger partial charge in [0, 0.05) is 30.3 Å². The van der Waals surface area contributed by atoms with Gasteiger partial charge in [0.25, 0.3) is 0 Å². The maximum atomic E-state index is 12.3. The van der Waals surface area contributed by atoms with Crippen molar-refractivity contribution in [3.8, 4) is 28.7 Å². The molecule has 2 N–H and O–H groups in total. The number of aliphatic hydroxyl groups excluding tert-OH is 2. The van der Waals surface area contributed by atoms with Gasteiger partial charge in [0.2, 0.25) is 12.5 Å². The number of ether oxygens (including phenoxy) is 5. The molecule has 2 aromatic rings. The molecule has 4 atom stereocenters. The summed E-state index contributed by atoms with van der Waals surface area (Å²) in [6, 6.07) is 6.60. The fourth-order valence-corrected chi connectivity index (χ4v) is 4.56. The number of hydrogen-bond donors (Lipinski definition) is 2. The standard InChI is InChI=1S/C22H24O9.Na/c1-27-16-4-10(5-17(28-2)21(16)29-3)18-11-6-14-15(31-9-30-14)7-12(11)20(24)13(8-23)19(18)22(25)26;/h4-7,13,18-20,23-24H,8-9H2,1-3H3,(H,25,26);/q;+1/p-1/t13-,18+,19-,20-;/m0./s1. The number of carboxylic acids is 1. The summed E-state index contributed by atoms with van der Waals surface area (Å²) in [6.07, 6.45) is -1.23. The van der Waals surface area contributed by atoms with Crippen LogP contribution in [0.1, 0.15) is 28.7 Å². The van der Waals surface area contributed by atoms with Crippen LogP contribution in [0.4, 0.5) is 0 Å². The number of rotatable bonds is 6. The number of carboxylic acid groups (broad SMARTS) is 1. The third kappa shape index (κ3) is 3.88. The minimum atomic E-state index is -1.39. The number of fused-ring (bicyclic) bond motifs is 2. The summed E-state index contributed by atoms with van der Waals surface area (Å²) in [5.41, 5.74) is 1.53. The molecule has 0 radical (unpaired) electrons. The van der Waals surface area contributed by atoms with Crippen LogP contribution in [0.3, 0.4) is 0 Å². The number of hydrogen-bond acceptors (Lipinski definition) is 9. The van der Waals surface area contributed by atoms with Crippen molar-refractivity contribution in [2.45, 2.75) is 12.0 Å². The van der Waals surface area contributed by atoms with Gasteiger partial charge in [-0.25, -0.2) is 0 Å². The van der Waals surface area contributed by atoms with Crippen LogP contribution in [0.5, 0.6) is 28.7 Å². The zero-order valence-corrected chi connectivity index (χ0v) is 20.3. The van der Waals surface area contributed by atoms with Gasteiger partial charge in [-0.2, -0.15) is 0 Å². The average molecular weight is 454 g/mol. The minimum Gasteiger partial charge on any atom is -0.550 e. The third-order valence-corrected chi connectivity index (χ3v) is 5.99. The molecule has 0 saturated carbocycles. The number of aliphatic hydroxyl groups is 2. The fraction of sp³-hybridized carbons (Fsp3) is 0.409. The summed E-state index contributed by atoms with van der Waals surface area (Å²) in [7, 11) is 4.40. The van der Waals surface area contributed by atoms with Crippen molar-refractivity contribution in [3.05, 3.63) is 41.0 Å². The van der Waals surface area contributed by atoms with E-state index in [0.717, 1.165) is 0 Å². The molecule has 0 unspecified atom stereocenters. The Morgan fingerprint density at radius 2 is 1.59 bits per heavy atom. The molecular weight excluding hydrogens is 431 g/mol. The van der Waals surface area contributed by atoms with Crippen LogP contribution in [0, 0.1) is 11.8 Å². The molecule has 166 valence electrons. The van der Waals surface area contributed by atoms with Gasteiger partial charge < -0.3 is 43.8 Å². The number of aliphatic carboxylic acids is 1. The second-order valence-electron chi connectivity index (χ2n) is 7.41. The Labute approximate surface area is 207 Å². The largest absolute Gasteiger partial charge is 1.00 e. The fourth-order valence-electron chi connectivity index (χ4n) is 4.56. The van der Waals surface area contributed by atoms with Crippen LogP contribution in [0.25, 0.3) is 0 Å². The van der Waals surface area contributed by atoms with Crippen molar-refractivity contribution in [2.75, 3.05) is 34.7 Å². The molecule has 10 heteroatoms. The first kappa shape index (κ1) is 24.5. The topological polar surface area (TPSA) is 127 Å². The average Bonchev–Trinajstić information content (AvgIpc) is 3.24. The molecule has 0 aromatic heterocycles. The molecule has 0 saturated heterocycles. The van der Waals surface area contributed by atoms with Crippen LogP contribution in [0.15, 0.2) is 24.3 Å². The van der Waals surface area contributed by atoms with Crippen LogP contribution >= 0.6 is 0 Å². The summed E-state index contributed by atoms with van der Waals surface area (Å²) >= 11 is 0. The summed E-state index contributed by atoms with van der Waals surface area (Å²) in [5.74, 6) is -2.44. The van der Waals surface area contributed by atoms with Gasteiger partial charge in [0.1, 0.15) is 0 Å². The SMILES string of the molecule is COc1cc([C@@H]2c3cc4c(cc3[C@H](O)[C@@H](CO)[C@@H]2C(=O)[O-])OCO4)cc(OC)c1OC.[Na+]. The smallest absolute Gasteiger partial charge is 0.550 e. The number of carbonyl (C=O) groups excluding carboxylic acids is 1. The first-order valence-corrected chi connectivity index (χ1v) is 9.68. The van der Waals surface area contributed by atoms with E-state index in [1.807, 2.05) is 0 Å². The molecule has 2 aliphatic rings. The van der Waals surface area contributed by atoms with Gasteiger partial charge in [-0.3, -0.25) is 0 Å². The molecular formula is C22H23NaO9. The molecule has 0 bridgehead atoms. The van der Waals surface area contributed by atoms with Crippen molar-refractivity contribution in [1.29, 1.82) is 0 Å². The van der Waals surface area contributed by atoms with E-state index in [0.29, 0.717) is 45.4 Å². The quantitative estimate of drug-likeness (QED) is 0.459. The molecule has 4 rings (SSSR count). The Morgan fingerprint density at radius 3 is 2.06 bits per heavy atom. The molecule has 2 aromatic carbocycles. The van der Waals surface area contributed by atoms with Crippen LogP contribution < -0.4 is 58.3 Å². The Kier molecular flexibility index (Phi) is 7.46. The van der Waals surface area contributed by atoms with E-state index in [9.17, 15) is 20.1 Å². The Morgan fingerprint density at radius 1 is 1.03 bits per heavy atom. The van der Waals surface area contributed by atoms with Crippen LogP contribution in [0.2, 0.25) is 0 Å². The van der Waals surface area contributed by atoms with Gasteiger partial charge in [0.15, 0.2) is 23.0 Å². The molecule has 1 aliphatic carbocycles. The zero-order chi connectivity index (χ0) is 22.3. The molecule has 32 heavy (non-hydrogen) atoms. The molecule has 1 heterocycles. The summed E-state index contributed by atoms with van der Waals surface area (Å²) in [6.45, 7) is -0.523. The van der Waals surface area contributed by atoms with Crippen molar-refractivity contribution >= 4 is 5.97 Å². The van der Waals surface area contributed by atoms with Gasteiger partial charge in [0.05, 0.1) is 27.4 Å². The van der Waals surface area contributed by atoms with E-state index in [-0.39, 0.29) is 36.4 Å². The van der Waals surface area contributed by atoms with Gasteiger partial charge in [-0.1, -0.05) is 0 Å². The summed E-state index contributed by atoms with van der Waals surface area (Å²) in [5, 5.41) is 33.1. The van der Waals surface area contributed by atoms with Gasteiger partial charge in [-0.05, 0) is 41.0 Å². The predicted molar refractivity (Wildman–Crippen MR) is 105 cm³/mol. The minimum absolute atomic E-state index is 0. The maximum absolute atomic E-state index is 12.3. The predicted octanol–water partition coefficient (Wildman–Crippen LogP) is -2.40. The Hall–Kier alpha value is -2.17. The van der Waals surface area contributed by atoms with E-state index in [4.69, 9.17) is 23.7 Å². The number of benzene rings is 2. The first-order chi connectivity index (χ1) is 14.9. The van der Waals surface area contributed by atoms with E-state index in [2.05, 4.69) is 0 Å². The summed E-state index contributed by atoms with van der Waals surface area (Å²) in [4.78, 5) is 12.3. The van der Waals surface area contributed by atoms with Gasteiger partial charge >= 0.3 is 29.6 Å². The van der Waals surface area contributed by atoms with Crippen molar-refractivity contribution in [3.63, 3.8) is 0 Å². The molecule has 1 aliphatic heterocycles. The number of methoxy groups -OCH3 is 3. The van der Waals surface area contributed by atoms with Crippen molar-refractivity contribution < 1.29 is 73.4 Å². The number of carbonyl (C=O) groups is 1. The van der Waals surface area contributed by atoms with E-state index in [1.165, 1.54) is 21.3 Å². The van der Waals surface area contributed by atoms with E-state index < -0.39 is 36.4 Å². The Bertz CT molecular complexity index is 984. The Balaban J connectivity index is 0.00000289. The molecule has 9 nitrogen and oxygen atoms in total. The second-order valence-corrected chi connectivity index (χ2v) is 7.41. The molecule has 0 fully saturated rings. The zero-order valence-electron chi connectivity index (χ0n) is 18.3. The maximum Gasteiger partial charge on any atom is 1.00 e. The van der Waals surface area contributed by atoms with Crippen LogP contribution in [-0.4, -0.2) is 50.9 Å². The monoisotopic (exact) mass is 454 g/mol. The van der Waals surface area contributed by atoms with Crippen molar-refractivity contribution in [2.24, 2.45) is 11.8 Å². The van der Waals surface area contributed by atoms with Gasteiger partial charge in [-0.15, -0.1) is 0 Å². The summed E-state index contributed by atoms with van der Waals surface area (Å²) < 4.78 is 27.1.